The van der Waals surface area contributed by atoms with Crippen molar-refractivity contribution in [3.05, 3.63) is 56.7 Å². The standard InChI is InChI=1S/C21H21ClN2O4S/c1-5-28-19(25)11-23-20(26)18(29-21(23)27)9-15-8-13(3)24(14(15)4)17-10-16(22)7-6-12(17)2/h6-10H,5,11H2,1-4H3/b18-9-. The number of aryl methyl sites for hydroxylation is 2. The summed E-state index contributed by atoms with van der Waals surface area (Å²) in [6.45, 7) is 7.41. The van der Waals surface area contributed by atoms with Gasteiger partial charge in [-0.1, -0.05) is 17.7 Å². The second-order valence-electron chi connectivity index (χ2n) is 6.67. The third kappa shape index (κ3) is 4.26. The summed E-state index contributed by atoms with van der Waals surface area (Å²) < 4.78 is 6.90. The maximum absolute atomic E-state index is 12.6. The monoisotopic (exact) mass is 432 g/mol. The lowest BCUT2D eigenvalue weighted by Gasteiger charge is -2.13. The molecule has 2 heterocycles. The van der Waals surface area contributed by atoms with Crippen molar-refractivity contribution in [2.75, 3.05) is 13.2 Å². The lowest BCUT2D eigenvalue weighted by molar-refractivity contribution is -0.145. The van der Waals surface area contributed by atoms with Gasteiger partial charge < -0.3 is 9.30 Å². The summed E-state index contributed by atoms with van der Waals surface area (Å²) in [6, 6.07) is 7.65. The largest absolute Gasteiger partial charge is 0.465 e. The van der Waals surface area contributed by atoms with E-state index >= 15 is 0 Å². The highest BCUT2D eigenvalue weighted by Gasteiger charge is 2.36. The van der Waals surface area contributed by atoms with Crippen LogP contribution in [0.2, 0.25) is 5.02 Å². The first kappa shape index (κ1) is 21.2. The summed E-state index contributed by atoms with van der Waals surface area (Å²) in [5, 5.41) is 0.161. The number of ether oxygens (including phenoxy) is 1. The topological polar surface area (TPSA) is 68.6 Å². The molecule has 0 aliphatic carbocycles. The van der Waals surface area contributed by atoms with Crippen LogP contribution in [0.25, 0.3) is 11.8 Å². The van der Waals surface area contributed by atoms with E-state index in [-0.39, 0.29) is 18.1 Å². The van der Waals surface area contributed by atoms with Crippen LogP contribution in [0, 0.1) is 20.8 Å². The van der Waals surface area contributed by atoms with E-state index < -0.39 is 17.1 Å². The van der Waals surface area contributed by atoms with Crippen molar-refractivity contribution >= 4 is 46.6 Å². The van der Waals surface area contributed by atoms with Crippen LogP contribution in [0.1, 0.15) is 29.4 Å². The molecule has 0 radical (unpaired) electrons. The number of hydrogen-bond donors (Lipinski definition) is 0. The van der Waals surface area contributed by atoms with Gasteiger partial charge in [0.05, 0.1) is 11.5 Å². The Bertz CT molecular complexity index is 1040. The van der Waals surface area contributed by atoms with E-state index in [1.165, 1.54) is 0 Å². The summed E-state index contributed by atoms with van der Waals surface area (Å²) in [4.78, 5) is 37.7. The number of nitrogens with zero attached hydrogens (tertiary/aromatic N) is 2. The van der Waals surface area contributed by atoms with Gasteiger partial charge in [-0.25, -0.2) is 0 Å². The van der Waals surface area contributed by atoms with Crippen LogP contribution < -0.4 is 0 Å². The van der Waals surface area contributed by atoms with Crippen molar-refractivity contribution < 1.29 is 19.1 Å². The highest BCUT2D eigenvalue weighted by atomic mass is 35.5. The van der Waals surface area contributed by atoms with E-state index in [0.29, 0.717) is 5.02 Å². The second-order valence-corrected chi connectivity index (χ2v) is 8.10. The number of aromatic nitrogens is 1. The van der Waals surface area contributed by atoms with Crippen molar-refractivity contribution in [2.24, 2.45) is 0 Å². The molecule has 29 heavy (non-hydrogen) atoms. The number of amides is 2. The highest BCUT2D eigenvalue weighted by molar-refractivity contribution is 8.18. The Balaban J connectivity index is 1.94. The molecular formula is C21H21ClN2O4S. The number of rotatable bonds is 5. The zero-order chi connectivity index (χ0) is 21.3. The number of halogens is 1. The molecule has 0 spiro atoms. The van der Waals surface area contributed by atoms with Crippen LogP contribution >= 0.6 is 23.4 Å². The van der Waals surface area contributed by atoms with E-state index in [1.54, 1.807) is 13.0 Å². The number of benzene rings is 1. The quantitative estimate of drug-likeness (QED) is 0.508. The van der Waals surface area contributed by atoms with Gasteiger partial charge in [0.15, 0.2) is 0 Å². The average Bonchev–Trinajstić information content (AvgIpc) is 3.07. The van der Waals surface area contributed by atoms with Gasteiger partial charge in [0.2, 0.25) is 0 Å². The van der Waals surface area contributed by atoms with Crippen LogP contribution in [-0.2, 0) is 14.3 Å². The van der Waals surface area contributed by atoms with Gasteiger partial charge in [-0.15, -0.1) is 0 Å². The Morgan fingerprint density at radius 2 is 1.93 bits per heavy atom. The van der Waals surface area contributed by atoms with E-state index in [1.807, 2.05) is 45.0 Å². The van der Waals surface area contributed by atoms with Crippen LogP contribution in [-0.4, -0.2) is 39.7 Å². The molecule has 2 amide bonds. The smallest absolute Gasteiger partial charge is 0.326 e. The first-order chi connectivity index (χ1) is 13.7. The minimum atomic E-state index is -0.606. The molecule has 2 aromatic rings. The molecule has 6 nitrogen and oxygen atoms in total. The van der Waals surface area contributed by atoms with Gasteiger partial charge in [-0.3, -0.25) is 19.3 Å². The Morgan fingerprint density at radius 1 is 1.21 bits per heavy atom. The fourth-order valence-corrected chi connectivity index (χ4v) is 4.24. The number of carbonyl (C=O) groups excluding carboxylic acids is 3. The summed E-state index contributed by atoms with van der Waals surface area (Å²) in [6.07, 6.45) is 1.69. The molecule has 152 valence electrons. The van der Waals surface area contributed by atoms with Gasteiger partial charge in [0.1, 0.15) is 6.54 Å². The Morgan fingerprint density at radius 3 is 2.62 bits per heavy atom. The van der Waals surface area contributed by atoms with Crippen LogP contribution in [0.15, 0.2) is 29.2 Å². The van der Waals surface area contributed by atoms with Crippen LogP contribution in [0.5, 0.6) is 0 Å². The molecule has 0 unspecified atom stereocenters. The molecular weight excluding hydrogens is 412 g/mol. The number of hydrogen-bond acceptors (Lipinski definition) is 5. The maximum atomic E-state index is 12.6. The summed E-state index contributed by atoms with van der Waals surface area (Å²) in [5.74, 6) is -1.09. The molecule has 8 heteroatoms. The van der Waals surface area contributed by atoms with E-state index in [4.69, 9.17) is 16.3 Å². The van der Waals surface area contributed by atoms with Gasteiger partial charge in [0.25, 0.3) is 11.1 Å². The number of imide groups is 1. The first-order valence-electron chi connectivity index (χ1n) is 9.09. The summed E-state index contributed by atoms with van der Waals surface area (Å²) in [5.41, 5.74) is 4.75. The Hall–Kier alpha value is -2.51. The minimum Gasteiger partial charge on any atom is -0.465 e. The van der Waals surface area contributed by atoms with Crippen molar-refractivity contribution in [3.63, 3.8) is 0 Å². The molecule has 1 fully saturated rings. The lowest BCUT2D eigenvalue weighted by Crippen LogP contribution is -2.34. The number of thioether (sulfide) groups is 1. The third-order valence-electron chi connectivity index (χ3n) is 4.64. The summed E-state index contributed by atoms with van der Waals surface area (Å²) in [7, 11) is 0. The number of esters is 1. The fraction of sp³-hybridized carbons (Fsp3) is 0.286. The Labute approximate surface area is 178 Å². The van der Waals surface area contributed by atoms with Gasteiger partial charge in [0, 0.05) is 22.1 Å². The van der Waals surface area contributed by atoms with Crippen LogP contribution in [0.3, 0.4) is 0 Å². The SMILES string of the molecule is CCOC(=O)CN1C(=O)S/C(=C\c2cc(C)n(-c3cc(Cl)ccc3C)c2C)C1=O. The van der Waals surface area contributed by atoms with Crippen molar-refractivity contribution in [3.8, 4) is 5.69 Å². The molecule has 0 bridgehead atoms. The first-order valence-corrected chi connectivity index (χ1v) is 10.3. The molecule has 1 aromatic carbocycles. The molecule has 0 atom stereocenters. The van der Waals surface area contributed by atoms with E-state index in [0.717, 1.165) is 44.9 Å². The fourth-order valence-electron chi connectivity index (χ4n) is 3.24. The summed E-state index contributed by atoms with van der Waals surface area (Å²) >= 11 is 7.00. The van der Waals surface area contributed by atoms with Crippen molar-refractivity contribution in [1.82, 2.24) is 9.47 Å². The molecule has 1 aromatic heterocycles. The molecule has 1 aliphatic heterocycles. The molecule has 1 saturated heterocycles. The van der Waals surface area contributed by atoms with Gasteiger partial charge >= 0.3 is 5.97 Å². The predicted molar refractivity (Wildman–Crippen MR) is 114 cm³/mol. The zero-order valence-electron chi connectivity index (χ0n) is 16.6. The van der Waals surface area contributed by atoms with E-state index in [2.05, 4.69) is 4.57 Å². The molecule has 3 rings (SSSR count). The zero-order valence-corrected chi connectivity index (χ0v) is 18.2. The number of carbonyl (C=O) groups is 3. The molecule has 0 N–H and O–H groups in total. The van der Waals surface area contributed by atoms with E-state index in [9.17, 15) is 14.4 Å². The molecule has 0 saturated carbocycles. The Kier molecular flexibility index (Phi) is 6.19. The second kappa shape index (κ2) is 8.47. The molecule has 1 aliphatic rings. The lowest BCUT2D eigenvalue weighted by atomic mass is 10.2. The van der Waals surface area contributed by atoms with Gasteiger partial charge in [-0.2, -0.15) is 0 Å². The predicted octanol–water partition coefficient (Wildman–Crippen LogP) is 4.66. The van der Waals surface area contributed by atoms with Crippen molar-refractivity contribution in [2.45, 2.75) is 27.7 Å². The third-order valence-corrected chi connectivity index (χ3v) is 5.78. The van der Waals surface area contributed by atoms with Gasteiger partial charge in [-0.05, 0) is 74.9 Å². The van der Waals surface area contributed by atoms with Crippen molar-refractivity contribution in [1.29, 1.82) is 0 Å². The maximum Gasteiger partial charge on any atom is 0.326 e. The average molecular weight is 433 g/mol. The van der Waals surface area contributed by atoms with Crippen LogP contribution in [0.4, 0.5) is 4.79 Å². The minimum absolute atomic E-state index is 0.194. The highest BCUT2D eigenvalue weighted by Crippen LogP contribution is 2.34. The normalized spacial score (nSPS) is 15.5.